The monoisotopic (exact) mass is 1190 g/mol. The summed E-state index contributed by atoms with van der Waals surface area (Å²) >= 11 is 0. The van der Waals surface area contributed by atoms with Crippen LogP contribution in [0.5, 0.6) is 0 Å². The first-order valence-electron chi connectivity index (χ1n) is 29.1. The topological polar surface area (TPSA) is 263 Å². The second-order valence-corrected chi connectivity index (χ2v) is 26.6. The van der Waals surface area contributed by atoms with E-state index >= 15 is 0 Å². The fourth-order valence-electron chi connectivity index (χ4n) is 8.61. The standard InChI is InChI=1S/C18H24N2.C17H9N5.C14H15BN2O2.C12H24B2O4.C8H4N2/c1-17(2,3)13-7-9-15(19-11-13)16-10-8-14(12-20-16)18(4,5)6;18-9-12-5-13(10-19)7-14(6-12)16-8-17(22-11-21-16)15-3-1-2-4-20-15;1-13(2)14(3,4)19-15(18-13)12-6-10(8-16)5-11(7-12)9-17;1-9(2)10(3,4)16-13(15-9)14-17-11(5,6)12(7,8)18-14;9-5-7-2-1-3-8(4-7)6-10/h7-12H,1-6H3;1-8,11H;5-7H,1-4H3;1-8H3;1-4H. The zero-order valence-corrected chi connectivity index (χ0v) is 54.3. The van der Waals surface area contributed by atoms with Crippen LogP contribution in [0.2, 0.25) is 0 Å². The van der Waals surface area contributed by atoms with Crippen LogP contribution in [0.1, 0.15) is 169 Å². The highest BCUT2D eigenvalue weighted by Crippen LogP contribution is 2.43. The predicted octanol–water partition coefficient (Wildman–Crippen LogP) is 13.1. The molecule has 10 rings (SSSR count). The lowest BCUT2D eigenvalue weighted by molar-refractivity contribution is 0.00578. The second kappa shape index (κ2) is 27.6. The van der Waals surface area contributed by atoms with Crippen LogP contribution in [0, 0.1) is 68.0 Å². The van der Waals surface area contributed by atoms with Gasteiger partial charge < -0.3 is 27.9 Å². The number of hydrogen-bond acceptors (Lipinski definition) is 17. The van der Waals surface area contributed by atoms with Crippen molar-refractivity contribution >= 4 is 26.6 Å². The van der Waals surface area contributed by atoms with Crippen molar-refractivity contribution in [1.82, 2.24) is 24.9 Å². The van der Waals surface area contributed by atoms with Crippen LogP contribution >= 0.6 is 0 Å². The van der Waals surface area contributed by atoms with Gasteiger partial charge in [0.05, 0.1) is 132 Å². The van der Waals surface area contributed by atoms with E-state index < -0.39 is 32.3 Å². The Morgan fingerprint density at radius 2 is 0.708 bits per heavy atom. The molecule has 0 N–H and O–H groups in total. The lowest BCUT2D eigenvalue weighted by Crippen LogP contribution is -2.41. The summed E-state index contributed by atoms with van der Waals surface area (Å²) in [6, 6.07) is 44.3. The summed E-state index contributed by atoms with van der Waals surface area (Å²) in [5.74, 6) is 0. The number of pyridine rings is 3. The average Bonchev–Trinajstić information content (AvgIpc) is 1.67. The second-order valence-electron chi connectivity index (χ2n) is 26.6. The molecule has 0 amide bonds. The molecule has 7 aromatic rings. The van der Waals surface area contributed by atoms with E-state index in [-0.39, 0.29) is 33.2 Å². The molecule has 3 fully saturated rings. The van der Waals surface area contributed by atoms with Crippen molar-refractivity contribution in [3.05, 3.63) is 179 Å². The molecule has 0 saturated carbocycles. The van der Waals surface area contributed by atoms with E-state index in [1.807, 2.05) is 138 Å². The highest BCUT2D eigenvalue weighted by molar-refractivity contribution is 7.11. The molecule has 0 bridgehead atoms. The van der Waals surface area contributed by atoms with E-state index in [0.717, 1.165) is 17.1 Å². The third kappa shape index (κ3) is 17.5. The quantitative estimate of drug-likeness (QED) is 0.145. The van der Waals surface area contributed by atoms with Gasteiger partial charge in [-0.05, 0) is 195 Å². The molecule has 0 radical (unpaired) electrons. The van der Waals surface area contributed by atoms with Crippen LogP contribution in [-0.2, 0) is 38.8 Å². The van der Waals surface area contributed by atoms with Gasteiger partial charge in [0.25, 0.3) is 0 Å². The van der Waals surface area contributed by atoms with Gasteiger partial charge in [-0.25, -0.2) is 9.97 Å². The van der Waals surface area contributed by atoms with Crippen molar-refractivity contribution in [3.8, 4) is 70.4 Å². The zero-order valence-electron chi connectivity index (χ0n) is 54.3. The van der Waals surface area contributed by atoms with Gasteiger partial charge in [0.2, 0.25) is 0 Å². The van der Waals surface area contributed by atoms with Gasteiger partial charge >= 0.3 is 21.1 Å². The van der Waals surface area contributed by atoms with Crippen molar-refractivity contribution in [2.45, 2.75) is 169 Å². The van der Waals surface area contributed by atoms with E-state index in [1.165, 1.54) is 17.5 Å². The largest absolute Gasteiger partial charge is 0.494 e. The molecule has 17 nitrogen and oxygen atoms in total. The molecule has 4 aromatic heterocycles. The maximum atomic E-state index is 9.06. The number of benzene rings is 3. The van der Waals surface area contributed by atoms with Gasteiger partial charge in [-0.2, -0.15) is 31.6 Å². The van der Waals surface area contributed by atoms with E-state index in [2.05, 4.69) is 103 Å². The van der Waals surface area contributed by atoms with Crippen molar-refractivity contribution in [3.63, 3.8) is 0 Å². The fourth-order valence-corrected chi connectivity index (χ4v) is 8.61. The molecule has 452 valence electrons. The smallest absolute Gasteiger partial charge is 0.405 e. The molecule has 0 atom stereocenters. The first-order chi connectivity index (χ1) is 41.5. The Balaban J connectivity index is 0.000000180. The number of nitriles is 6. The molecule has 20 heteroatoms. The third-order valence-electron chi connectivity index (χ3n) is 16.2. The SMILES string of the molecule is CC(C)(C)c1ccc(-c2ccc(C(C)(C)C)cn2)nc1.CC1(C)OB(B2OC(C)(C)C(C)(C)O2)OC1(C)C.CC1(C)OB(c2cc(C#N)cc(C#N)c2)OC1(C)C.N#Cc1cc(C#N)cc(-c2cc(-c3ccccn3)ncn2)c1.N#Cc1cccc(C#N)c1. The molecule has 3 aliphatic heterocycles. The highest BCUT2D eigenvalue weighted by atomic mass is 16.7. The minimum absolute atomic E-state index is 0.134. The molecule has 7 heterocycles. The maximum absolute atomic E-state index is 9.06. The Bertz CT molecular complexity index is 3660. The molecule has 89 heavy (non-hydrogen) atoms. The van der Waals surface area contributed by atoms with Crippen molar-refractivity contribution in [2.24, 2.45) is 0 Å². The number of hydrogen-bond donors (Lipinski definition) is 0. The summed E-state index contributed by atoms with van der Waals surface area (Å²) in [6.45, 7) is 37.2. The minimum atomic E-state index is -0.551. The van der Waals surface area contributed by atoms with Crippen molar-refractivity contribution in [2.75, 3.05) is 0 Å². The van der Waals surface area contributed by atoms with Crippen LogP contribution in [-0.4, -0.2) is 79.7 Å². The Kier molecular flexibility index (Phi) is 21.5. The predicted molar refractivity (Wildman–Crippen MR) is 345 cm³/mol. The van der Waals surface area contributed by atoms with Gasteiger partial charge in [0, 0.05) is 24.2 Å². The van der Waals surface area contributed by atoms with Gasteiger partial charge in [-0.1, -0.05) is 65.8 Å². The first kappa shape index (κ1) is 69.2. The van der Waals surface area contributed by atoms with Gasteiger partial charge in [-0.15, -0.1) is 0 Å². The fraction of sp³-hybridized carbons (Fsp3) is 0.377. The van der Waals surface area contributed by atoms with E-state index in [0.29, 0.717) is 55.8 Å². The number of nitrogens with zero attached hydrogens (tertiary/aromatic N) is 11. The Hall–Kier alpha value is -8.92. The molecule has 0 unspecified atom stereocenters. The van der Waals surface area contributed by atoms with Gasteiger partial charge in [0.1, 0.15) is 6.33 Å². The summed E-state index contributed by atoms with van der Waals surface area (Å²) in [7, 11) is -1.50. The zero-order chi connectivity index (χ0) is 66.0. The molecule has 3 aromatic carbocycles. The molecular weight excluding hydrogens is 1110 g/mol. The summed E-state index contributed by atoms with van der Waals surface area (Å²) in [6.07, 6.45) is 7.05. The third-order valence-corrected chi connectivity index (χ3v) is 16.2. The van der Waals surface area contributed by atoms with Crippen LogP contribution in [0.4, 0.5) is 0 Å². The first-order valence-corrected chi connectivity index (χ1v) is 29.1. The number of aromatic nitrogens is 5. The van der Waals surface area contributed by atoms with Crippen LogP contribution in [0.15, 0.2) is 134 Å². The maximum Gasteiger partial charge on any atom is 0.494 e. The summed E-state index contributed by atoms with van der Waals surface area (Å²) in [5, 5.41) is 52.9. The van der Waals surface area contributed by atoms with Crippen LogP contribution in [0.3, 0.4) is 0 Å². The van der Waals surface area contributed by atoms with Gasteiger partial charge in [-0.3, -0.25) is 15.0 Å². The van der Waals surface area contributed by atoms with Crippen molar-refractivity contribution < 1.29 is 27.9 Å². The Morgan fingerprint density at radius 3 is 1.06 bits per heavy atom. The lowest BCUT2D eigenvalue weighted by Gasteiger charge is -2.32. The summed E-state index contributed by atoms with van der Waals surface area (Å²) < 4.78 is 35.7. The average molecular weight is 1190 g/mol. The Morgan fingerprint density at radius 1 is 0.348 bits per heavy atom. The van der Waals surface area contributed by atoms with E-state index in [1.54, 1.807) is 72.9 Å². The molecule has 0 aliphatic carbocycles. The van der Waals surface area contributed by atoms with Crippen LogP contribution < -0.4 is 5.46 Å². The van der Waals surface area contributed by atoms with E-state index in [4.69, 9.17) is 59.5 Å². The summed E-state index contributed by atoms with van der Waals surface area (Å²) in [4.78, 5) is 21.8. The van der Waals surface area contributed by atoms with Gasteiger partial charge in [0.15, 0.2) is 0 Å². The Labute approximate surface area is 526 Å². The summed E-state index contributed by atoms with van der Waals surface area (Å²) in [5.41, 5.74) is 8.54. The van der Waals surface area contributed by atoms with E-state index in [9.17, 15) is 0 Å². The van der Waals surface area contributed by atoms with Crippen LogP contribution in [0.25, 0.3) is 34.0 Å². The van der Waals surface area contributed by atoms with Crippen molar-refractivity contribution in [1.29, 1.82) is 31.6 Å². The normalized spacial score (nSPS) is 16.8. The molecular formula is C69H76B3N11O6. The minimum Gasteiger partial charge on any atom is -0.405 e. The highest BCUT2D eigenvalue weighted by Gasteiger charge is 2.64. The molecule has 3 saturated heterocycles. The lowest BCUT2D eigenvalue weighted by atomic mass is 9.49. The number of rotatable bonds is 5. The molecule has 3 aliphatic rings. The molecule has 0 spiro atoms.